The first-order valence-electron chi connectivity index (χ1n) is 6.09. The van der Waals surface area contributed by atoms with E-state index in [-0.39, 0.29) is 18.6 Å². The number of carbonyl (C=O) groups is 1. The van der Waals surface area contributed by atoms with Crippen LogP contribution in [-0.2, 0) is 0 Å². The fraction of sp³-hybridized carbons (Fsp3) is 0.308. The van der Waals surface area contributed by atoms with E-state index in [9.17, 15) is 4.79 Å². The molecular formula is C13H16N4O2. The number of rotatable bonds is 5. The van der Waals surface area contributed by atoms with Crippen molar-refractivity contribution in [2.24, 2.45) is 0 Å². The molecule has 6 heteroatoms. The fourth-order valence-electron chi connectivity index (χ4n) is 1.71. The van der Waals surface area contributed by atoms with E-state index in [2.05, 4.69) is 15.6 Å². The van der Waals surface area contributed by atoms with E-state index in [1.54, 1.807) is 35.3 Å². The number of nitrogens with zero attached hydrogens (tertiary/aromatic N) is 3. The molecule has 0 bridgehead atoms. The molecule has 0 aliphatic heterocycles. The Morgan fingerprint density at radius 3 is 3.05 bits per heavy atom. The molecule has 19 heavy (non-hydrogen) atoms. The lowest BCUT2D eigenvalue weighted by Crippen LogP contribution is -2.33. The summed E-state index contributed by atoms with van der Waals surface area (Å²) in [4.78, 5) is 12.0. The van der Waals surface area contributed by atoms with E-state index in [0.717, 1.165) is 5.69 Å². The number of benzene rings is 1. The number of aliphatic hydroxyl groups excluding tert-OH is 1. The summed E-state index contributed by atoms with van der Waals surface area (Å²) in [5.41, 5.74) is 1.33. The van der Waals surface area contributed by atoms with E-state index < -0.39 is 0 Å². The van der Waals surface area contributed by atoms with Crippen molar-refractivity contribution in [2.75, 3.05) is 6.61 Å². The van der Waals surface area contributed by atoms with Gasteiger partial charge in [0.15, 0.2) is 0 Å². The third kappa shape index (κ3) is 3.38. The molecule has 0 fully saturated rings. The van der Waals surface area contributed by atoms with Crippen LogP contribution in [-0.4, -0.2) is 38.7 Å². The Morgan fingerprint density at radius 1 is 1.53 bits per heavy atom. The Balaban J connectivity index is 2.12. The number of hydrogen-bond acceptors (Lipinski definition) is 4. The molecule has 0 saturated carbocycles. The van der Waals surface area contributed by atoms with Gasteiger partial charge in [-0.2, -0.15) is 0 Å². The minimum atomic E-state index is -0.164. The predicted octanol–water partition coefficient (Wildman–Crippen LogP) is 0.768. The van der Waals surface area contributed by atoms with Crippen LogP contribution >= 0.6 is 0 Å². The van der Waals surface area contributed by atoms with Crippen molar-refractivity contribution in [3.63, 3.8) is 0 Å². The maximum atomic E-state index is 12.0. The molecule has 0 radical (unpaired) electrons. The SMILES string of the molecule is CC(CCO)NC(=O)c1cccc(-n2ccnn2)c1. The van der Waals surface area contributed by atoms with Gasteiger partial charge in [-0.25, -0.2) is 4.68 Å². The molecule has 2 rings (SSSR count). The lowest BCUT2D eigenvalue weighted by atomic mass is 10.1. The number of nitrogens with one attached hydrogen (secondary N) is 1. The molecule has 1 amide bonds. The van der Waals surface area contributed by atoms with E-state index in [1.165, 1.54) is 0 Å². The molecule has 100 valence electrons. The molecule has 1 unspecified atom stereocenters. The van der Waals surface area contributed by atoms with Gasteiger partial charge in [-0.3, -0.25) is 4.79 Å². The number of aromatic nitrogens is 3. The average molecular weight is 260 g/mol. The summed E-state index contributed by atoms with van der Waals surface area (Å²) in [5, 5.41) is 19.3. The van der Waals surface area contributed by atoms with Gasteiger partial charge in [0.05, 0.1) is 18.1 Å². The zero-order valence-corrected chi connectivity index (χ0v) is 10.7. The highest BCUT2D eigenvalue weighted by Crippen LogP contribution is 2.09. The van der Waals surface area contributed by atoms with Gasteiger partial charge in [-0.05, 0) is 31.5 Å². The second-order valence-electron chi connectivity index (χ2n) is 4.28. The molecule has 0 aliphatic carbocycles. The van der Waals surface area contributed by atoms with Crippen molar-refractivity contribution in [1.29, 1.82) is 0 Å². The van der Waals surface area contributed by atoms with Gasteiger partial charge in [0.1, 0.15) is 0 Å². The standard InChI is InChI=1S/C13H16N4O2/c1-10(5-8-18)15-13(19)11-3-2-4-12(9-11)17-7-6-14-16-17/h2-4,6-7,9-10,18H,5,8H2,1H3,(H,15,19). The van der Waals surface area contributed by atoms with Crippen molar-refractivity contribution in [3.05, 3.63) is 42.2 Å². The number of aliphatic hydroxyl groups is 1. The first-order chi connectivity index (χ1) is 9.20. The summed E-state index contributed by atoms with van der Waals surface area (Å²) in [6, 6.07) is 7.06. The normalized spacial score (nSPS) is 12.1. The van der Waals surface area contributed by atoms with Crippen LogP contribution in [0.25, 0.3) is 5.69 Å². The van der Waals surface area contributed by atoms with Gasteiger partial charge < -0.3 is 10.4 Å². The molecule has 6 nitrogen and oxygen atoms in total. The second-order valence-corrected chi connectivity index (χ2v) is 4.28. The lowest BCUT2D eigenvalue weighted by molar-refractivity contribution is 0.0934. The molecular weight excluding hydrogens is 244 g/mol. The molecule has 0 spiro atoms. The van der Waals surface area contributed by atoms with E-state index in [0.29, 0.717) is 12.0 Å². The Labute approximate surface area is 111 Å². The minimum absolute atomic E-state index is 0.0560. The summed E-state index contributed by atoms with van der Waals surface area (Å²) in [6.45, 7) is 1.91. The smallest absolute Gasteiger partial charge is 0.251 e. The van der Waals surface area contributed by atoms with Crippen LogP contribution in [0.2, 0.25) is 0 Å². The molecule has 2 aromatic rings. The molecule has 1 atom stereocenters. The van der Waals surface area contributed by atoms with Gasteiger partial charge >= 0.3 is 0 Å². The predicted molar refractivity (Wildman–Crippen MR) is 70.0 cm³/mol. The van der Waals surface area contributed by atoms with Crippen LogP contribution in [0, 0.1) is 0 Å². The van der Waals surface area contributed by atoms with Crippen LogP contribution in [0.15, 0.2) is 36.7 Å². The highest BCUT2D eigenvalue weighted by atomic mass is 16.3. The molecule has 1 aromatic carbocycles. The third-order valence-corrected chi connectivity index (χ3v) is 2.74. The number of amides is 1. The Morgan fingerprint density at radius 2 is 2.37 bits per heavy atom. The summed E-state index contributed by atoms with van der Waals surface area (Å²) >= 11 is 0. The number of hydrogen-bond donors (Lipinski definition) is 2. The van der Waals surface area contributed by atoms with Crippen molar-refractivity contribution in [3.8, 4) is 5.69 Å². The van der Waals surface area contributed by atoms with Crippen LogP contribution in [0.3, 0.4) is 0 Å². The molecule has 1 aromatic heterocycles. The summed E-state index contributed by atoms with van der Waals surface area (Å²) in [7, 11) is 0. The van der Waals surface area contributed by atoms with Crippen molar-refractivity contribution in [2.45, 2.75) is 19.4 Å². The maximum absolute atomic E-state index is 12.0. The van der Waals surface area contributed by atoms with Gasteiger partial charge in [0.2, 0.25) is 0 Å². The maximum Gasteiger partial charge on any atom is 0.251 e. The first-order valence-corrected chi connectivity index (χ1v) is 6.09. The summed E-state index contributed by atoms with van der Waals surface area (Å²) in [6.07, 6.45) is 3.83. The Hall–Kier alpha value is -2.21. The second kappa shape index (κ2) is 6.10. The molecule has 0 saturated heterocycles. The van der Waals surface area contributed by atoms with Crippen LogP contribution in [0.4, 0.5) is 0 Å². The molecule has 2 N–H and O–H groups in total. The zero-order chi connectivity index (χ0) is 13.7. The Bertz CT molecular complexity index is 539. The topological polar surface area (TPSA) is 80.0 Å². The highest BCUT2D eigenvalue weighted by molar-refractivity contribution is 5.94. The van der Waals surface area contributed by atoms with Crippen LogP contribution in [0.5, 0.6) is 0 Å². The van der Waals surface area contributed by atoms with Crippen molar-refractivity contribution < 1.29 is 9.90 Å². The fourth-order valence-corrected chi connectivity index (χ4v) is 1.71. The summed E-state index contributed by atoms with van der Waals surface area (Å²) in [5.74, 6) is -0.164. The minimum Gasteiger partial charge on any atom is -0.396 e. The van der Waals surface area contributed by atoms with Crippen LogP contribution in [0.1, 0.15) is 23.7 Å². The van der Waals surface area contributed by atoms with E-state index >= 15 is 0 Å². The van der Waals surface area contributed by atoms with Gasteiger partial charge in [-0.15, -0.1) is 5.10 Å². The van der Waals surface area contributed by atoms with Crippen LogP contribution < -0.4 is 5.32 Å². The highest BCUT2D eigenvalue weighted by Gasteiger charge is 2.10. The van der Waals surface area contributed by atoms with Gasteiger partial charge in [0, 0.05) is 18.2 Å². The lowest BCUT2D eigenvalue weighted by Gasteiger charge is -2.12. The zero-order valence-electron chi connectivity index (χ0n) is 10.7. The average Bonchev–Trinajstić information content (AvgIpc) is 2.93. The monoisotopic (exact) mass is 260 g/mol. The number of carbonyl (C=O) groups excluding carboxylic acids is 1. The quantitative estimate of drug-likeness (QED) is 0.832. The van der Waals surface area contributed by atoms with Crippen molar-refractivity contribution >= 4 is 5.91 Å². The van der Waals surface area contributed by atoms with E-state index in [4.69, 9.17) is 5.11 Å². The van der Waals surface area contributed by atoms with Gasteiger partial charge in [-0.1, -0.05) is 11.3 Å². The van der Waals surface area contributed by atoms with Gasteiger partial charge in [0.25, 0.3) is 5.91 Å². The summed E-state index contributed by atoms with van der Waals surface area (Å²) < 4.78 is 1.59. The van der Waals surface area contributed by atoms with E-state index in [1.807, 2.05) is 13.0 Å². The molecule has 1 heterocycles. The largest absolute Gasteiger partial charge is 0.396 e. The third-order valence-electron chi connectivity index (χ3n) is 2.74. The molecule has 0 aliphatic rings. The van der Waals surface area contributed by atoms with Crippen molar-refractivity contribution in [1.82, 2.24) is 20.3 Å². The Kier molecular flexibility index (Phi) is 4.25. The first kappa shape index (κ1) is 13.2.